The minimum absolute atomic E-state index is 0.0132. The van der Waals surface area contributed by atoms with E-state index in [0.717, 1.165) is 19.3 Å². The van der Waals surface area contributed by atoms with Crippen molar-refractivity contribution in [2.75, 3.05) is 7.11 Å². The molecule has 0 heterocycles. The lowest BCUT2D eigenvalue weighted by molar-refractivity contribution is -0.150. The van der Waals surface area contributed by atoms with E-state index >= 15 is 0 Å². The number of carbonyl (C=O) groups excluding carboxylic acids is 2. The molecule has 0 amide bonds. The summed E-state index contributed by atoms with van der Waals surface area (Å²) < 4.78 is 9.83. The molecule has 2 unspecified atom stereocenters. The van der Waals surface area contributed by atoms with Gasteiger partial charge in [-0.2, -0.15) is 0 Å². The zero-order valence-electron chi connectivity index (χ0n) is 11.8. The van der Waals surface area contributed by atoms with E-state index in [0.29, 0.717) is 0 Å². The Morgan fingerprint density at radius 2 is 1.94 bits per heavy atom. The van der Waals surface area contributed by atoms with Gasteiger partial charge in [-0.3, -0.25) is 4.79 Å². The standard InChI is InChI=1S/C14H24O4/c1-5-7-12(6-2)18-14(16)10-11(3)8-9-13(15)17-4/h8-9,11-12H,5-7,10H2,1-4H3/b9-8-. The molecule has 2 atom stereocenters. The van der Waals surface area contributed by atoms with E-state index in [9.17, 15) is 9.59 Å². The minimum Gasteiger partial charge on any atom is -0.466 e. The molecular formula is C14H24O4. The zero-order valence-corrected chi connectivity index (χ0v) is 11.8. The van der Waals surface area contributed by atoms with Crippen LogP contribution in [0.5, 0.6) is 0 Å². The maximum absolute atomic E-state index is 11.6. The van der Waals surface area contributed by atoms with Gasteiger partial charge in [0, 0.05) is 6.08 Å². The van der Waals surface area contributed by atoms with Crippen LogP contribution in [0.1, 0.15) is 46.5 Å². The average molecular weight is 256 g/mol. The summed E-state index contributed by atoms with van der Waals surface area (Å²) in [4.78, 5) is 22.5. The van der Waals surface area contributed by atoms with Crippen LogP contribution in [0.25, 0.3) is 0 Å². The van der Waals surface area contributed by atoms with Crippen LogP contribution >= 0.6 is 0 Å². The van der Waals surface area contributed by atoms with Gasteiger partial charge in [-0.05, 0) is 18.8 Å². The van der Waals surface area contributed by atoms with Crippen molar-refractivity contribution < 1.29 is 19.1 Å². The van der Waals surface area contributed by atoms with Crippen LogP contribution in [0.15, 0.2) is 12.2 Å². The fraction of sp³-hybridized carbons (Fsp3) is 0.714. The van der Waals surface area contributed by atoms with E-state index in [2.05, 4.69) is 11.7 Å². The third-order valence-corrected chi connectivity index (χ3v) is 2.61. The molecule has 0 spiro atoms. The average Bonchev–Trinajstić information content (AvgIpc) is 2.35. The van der Waals surface area contributed by atoms with Gasteiger partial charge in [0.2, 0.25) is 0 Å². The van der Waals surface area contributed by atoms with Gasteiger partial charge in [-0.1, -0.05) is 33.3 Å². The van der Waals surface area contributed by atoms with Crippen LogP contribution < -0.4 is 0 Å². The molecule has 18 heavy (non-hydrogen) atoms. The summed E-state index contributed by atoms with van der Waals surface area (Å²) in [7, 11) is 1.32. The molecule has 0 aliphatic carbocycles. The second kappa shape index (κ2) is 9.68. The summed E-state index contributed by atoms with van der Waals surface area (Å²) in [6.07, 6.45) is 6.03. The van der Waals surface area contributed by atoms with Crippen molar-refractivity contribution in [2.45, 2.75) is 52.6 Å². The molecule has 0 aromatic rings. The first-order valence-corrected chi connectivity index (χ1v) is 6.49. The van der Waals surface area contributed by atoms with E-state index in [-0.39, 0.29) is 24.4 Å². The fourth-order valence-corrected chi connectivity index (χ4v) is 1.54. The van der Waals surface area contributed by atoms with Gasteiger partial charge >= 0.3 is 11.9 Å². The monoisotopic (exact) mass is 256 g/mol. The van der Waals surface area contributed by atoms with E-state index in [1.54, 1.807) is 6.08 Å². The molecule has 4 heteroatoms. The SMILES string of the molecule is CCCC(CC)OC(=O)CC(C)/C=C\C(=O)OC. The lowest BCUT2D eigenvalue weighted by Gasteiger charge is -2.16. The Morgan fingerprint density at radius 3 is 2.44 bits per heavy atom. The molecule has 0 aliphatic heterocycles. The second-order valence-corrected chi connectivity index (χ2v) is 4.37. The Bertz CT molecular complexity index is 284. The number of allylic oxidation sites excluding steroid dienone is 1. The van der Waals surface area contributed by atoms with Gasteiger partial charge < -0.3 is 9.47 Å². The quantitative estimate of drug-likeness (QED) is 0.495. The van der Waals surface area contributed by atoms with Crippen LogP contribution in [0, 0.1) is 5.92 Å². The summed E-state index contributed by atoms with van der Waals surface area (Å²) in [5.74, 6) is -0.652. The van der Waals surface area contributed by atoms with Crippen molar-refractivity contribution in [3.05, 3.63) is 12.2 Å². The summed E-state index contributed by atoms with van der Waals surface area (Å²) in [6, 6.07) is 0. The third kappa shape index (κ3) is 7.87. The molecule has 0 fully saturated rings. The topological polar surface area (TPSA) is 52.6 Å². The first kappa shape index (κ1) is 16.7. The van der Waals surface area contributed by atoms with E-state index in [1.165, 1.54) is 13.2 Å². The third-order valence-electron chi connectivity index (χ3n) is 2.61. The minimum atomic E-state index is -0.410. The van der Waals surface area contributed by atoms with Crippen molar-refractivity contribution in [1.82, 2.24) is 0 Å². The summed E-state index contributed by atoms with van der Waals surface area (Å²) in [5, 5.41) is 0. The van der Waals surface area contributed by atoms with Crippen molar-refractivity contribution in [3.63, 3.8) is 0 Å². The Kier molecular flexibility index (Phi) is 8.97. The van der Waals surface area contributed by atoms with Gasteiger partial charge in [0.1, 0.15) is 6.10 Å². The first-order valence-electron chi connectivity index (χ1n) is 6.49. The Hall–Kier alpha value is -1.32. The summed E-state index contributed by atoms with van der Waals surface area (Å²) in [5.41, 5.74) is 0. The maximum atomic E-state index is 11.6. The number of hydrogen-bond acceptors (Lipinski definition) is 4. The molecule has 0 rings (SSSR count). The highest BCUT2D eigenvalue weighted by molar-refractivity contribution is 5.81. The zero-order chi connectivity index (χ0) is 14.0. The van der Waals surface area contributed by atoms with Crippen molar-refractivity contribution in [3.8, 4) is 0 Å². The Balaban J connectivity index is 4.06. The first-order chi connectivity index (χ1) is 8.53. The van der Waals surface area contributed by atoms with Gasteiger partial charge in [-0.25, -0.2) is 4.79 Å². The van der Waals surface area contributed by atoms with Gasteiger partial charge in [-0.15, -0.1) is 0 Å². The molecule has 0 aliphatic rings. The van der Waals surface area contributed by atoms with Crippen LogP contribution in [-0.2, 0) is 19.1 Å². The van der Waals surface area contributed by atoms with Crippen LogP contribution in [0.4, 0.5) is 0 Å². The van der Waals surface area contributed by atoms with Crippen molar-refractivity contribution in [2.24, 2.45) is 5.92 Å². The molecule has 104 valence electrons. The predicted octanol–water partition coefficient (Wildman–Crippen LogP) is 2.86. The fourth-order valence-electron chi connectivity index (χ4n) is 1.54. The van der Waals surface area contributed by atoms with Gasteiger partial charge in [0.25, 0.3) is 0 Å². The highest BCUT2D eigenvalue weighted by Gasteiger charge is 2.13. The Labute approximate surface area is 109 Å². The second-order valence-electron chi connectivity index (χ2n) is 4.37. The smallest absolute Gasteiger partial charge is 0.330 e. The predicted molar refractivity (Wildman–Crippen MR) is 70.0 cm³/mol. The van der Waals surface area contributed by atoms with E-state index < -0.39 is 5.97 Å². The van der Waals surface area contributed by atoms with Crippen LogP contribution in [-0.4, -0.2) is 25.2 Å². The molecule has 0 saturated heterocycles. The number of ether oxygens (including phenoxy) is 2. The summed E-state index contributed by atoms with van der Waals surface area (Å²) in [6.45, 7) is 5.94. The number of rotatable bonds is 8. The molecule has 0 aromatic heterocycles. The Morgan fingerprint density at radius 1 is 1.28 bits per heavy atom. The number of carbonyl (C=O) groups is 2. The van der Waals surface area contributed by atoms with E-state index in [1.807, 2.05) is 13.8 Å². The normalized spacial score (nSPS) is 14.2. The van der Waals surface area contributed by atoms with Gasteiger partial charge in [0.05, 0.1) is 13.5 Å². The molecule has 0 radical (unpaired) electrons. The van der Waals surface area contributed by atoms with Crippen LogP contribution in [0.3, 0.4) is 0 Å². The van der Waals surface area contributed by atoms with Crippen molar-refractivity contribution in [1.29, 1.82) is 0 Å². The highest BCUT2D eigenvalue weighted by Crippen LogP contribution is 2.11. The largest absolute Gasteiger partial charge is 0.466 e. The molecule has 0 bridgehead atoms. The highest BCUT2D eigenvalue weighted by atomic mass is 16.5. The lowest BCUT2D eigenvalue weighted by Crippen LogP contribution is -2.18. The molecular weight excluding hydrogens is 232 g/mol. The number of hydrogen-bond donors (Lipinski definition) is 0. The number of methoxy groups -OCH3 is 1. The summed E-state index contributed by atoms with van der Waals surface area (Å²) >= 11 is 0. The van der Waals surface area contributed by atoms with E-state index in [4.69, 9.17) is 4.74 Å². The van der Waals surface area contributed by atoms with Crippen molar-refractivity contribution >= 4 is 11.9 Å². The van der Waals surface area contributed by atoms with Crippen LogP contribution in [0.2, 0.25) is 0 Å². The molecule has 0 saturated carbocycles. The molecule has 0 aromatic carbocycles. The number of esters is 2. The molecule has 0 N–H and O–H groups in total. The van der Waals surface area contributed by atoms with Gasteiger partial charge in [0.15, 0.2) is 0 Å². The molecule has 4 nitrogen and oxygen atoms in total. The lowest BCUT2D eigenvalue weighted by atomic mass is 10.1. The maximum Gasteiger partial charge on any atom is 0.330 e.